The van der Waals surface area contributed by atoms with Crippen molar-refractivity contribution < 1.29 is 23.9 Å². The number of amides is 2. The predicted molar refractivity (Wildman–Crippen MR) is 114 cm³/mol. The molecule has 0 spiro atoms. The summed E-state index contributed by atoms with van der Waals surface area (Å²) in [6.07, 6.45) is 2.17. The van der Waals surface area contributed by atoms with Gasteiger partial charge < -0.3 is 19.7 Å². The Bertz CT molecular complexity index is 910. The highest BCUT2D eigenvalue weighted by Crippen LogP contribution is 2.31. The van der Waals surface area contributed by atoms with Gasteiger partial charge in [0.05, 0.1) is 23.5 Å². The third-order valence-corrected chi connectivity index (χ3v) is 4.81. The fourth-order valence-corrected chi connectivity index (χ4v) is 3.27. The second kappa shape index (κ2) is 9.91. The monoisotopic (exact) mass is 410 g/mol. The van der Waals surface area contributed by atoms with Gasteiger partial charge in [-0.15, -0.1) is 0 Å². The third-order valence-electron chi connectivity index (χ3n) is 4.81. The Kier molecular flexibility index (Phi) is 7.06. The van der Waals surface area contributed by atoms with Gasteiger partial charge in [0, 0.05) is 12.5 Å². The van der Waals surface area contributed by atoms with Crippen molar-refractivity contribution in [2.75, 3.05) is 23.4 Å². The molecule has 1 heterocycles. The van der Waals surface area contributed by atoms with E-state index in [1.165, 1.54) is 4.90 Å². The number of hydrogen-bond acceptors (Lipinski definition) is 5. The molecule has 7 nitrogen and oxygen atoms in total. The van der Waals surface area contributed by atoms with Gasteiger partial charge in [-0.25, -0.2) is 4.79 Å². The molecule has 0 radical (unpaired) electrons. The van der Waals surface area contributed by atoms with E-state index in [2.05, 4.69) is 12.2 Å². The summed E-state index contributed by atoms with van der Waals surface area (Å²) in [6, 6.07) is 13.3. The lowest BCUT2D eigenvalue weighted by atomic mass is 10.1. The lowest BCUT2D eigenvalue weighted by Gasteiger charge is -2.27. The molecular formula is C23H26N2O5. The maximum Gasteiger partial charge on any atom is 0.338 e. The molecule has 30 heavy (non-hydrogen) atoms. The van der Waals surface area contributed by atoms with Crippen LogP contribution >= 0.6 is 0 Å². The van der Waals surface area contributed by atoms with Gasteiger partial charge >= 0.3 is 5.97 Å². The number of rotatable bonds is 7. The van der Waals surface area contributed by atoms with E-state index in [1.54, 1.807) is 55.5 Å². The van der Waals surface area contributed by atoms with E-state index in [4.69, 9.17) is 9.47 Å². The first-order valence-electron chi connectivity index (χ1n) is 10.1. The van der Waals surface area contributed by atoms with Crippen molar-refractivity contribution in [1.82, 2.24) is 0 Å². The normalized spacial score (nSPS) is 15.6. The number of carbonyl (C=O) groups is 3. The zero-order valence-corrected chi connectivity index (χ0v) is 17.2. The number of para-hydroxylation sites is 2. The van der Waals surface area contributed by atoms with Crippen LogP contribution in [0.3, 0.4) is 0 Å². The zero-order chi connectivity index (χ0) is 21.5. The largest absolute Gasteiger partial charge is 0.494 e. The van der Waals surface area contributed by atoms with Crippen molar-refractivity contribution in [2.24, 2.45) is 0 Å². The Morgan fingerprint density at radius 1 is 1.13 bits per heavy atom. The van der Waals surface area contributed by atoms with E-state index in [9.17, 15) is 14.4 Å². The van der Waals surface area contributed by atoms with Crippen molar-refractivity contribution in [2.45, 2.75) is 39.2 Å². The minimum absolute atomic E-state index is 0.161. The van der Waals surface area contributed by atoms with Crippen molar-refractivity contribution in [1.29, 1.82) is 0 Å². The van der Waals surface area contributed by atoms with Gasteiger partial charge in [0.2, 0.25) is 5.91 Å². The minimum Gasteiger partial charge on any atom is -0.494 e. The lowest BCUT2D eigenvalue weighted by Crippen LogP contribution is -2.41. The Morgan fingerprint density at radius 3 is 2.60 bits per heavy atom. The molecule has 2 amide bonds. The van der Waals surface area contributed by atoms with Gasteiger partial charge in [0.1, 0.15) is 5.75 Å². The van der Waals surface area contributed by atoms with Crippen LogP contribution in [0.15, 0.2) is 48.5 Å². The topological polar surface area (TPSA) is 84.9 Å². The number of nitrogens with one attached hydrogen (secondary N) is 1. The fourth-order valence-electron chi connectivity index (χ4n) is 3.27. The Labute approximate surface area is 176 Å². The maximum absolute atomic E-state index is 12.9. The summed E-state index contributed by atoms with van der Waals surface area (Å²) in [5, 5.41) is 2.80. The quantitative estimate of drug-likeness (QED) is 0.555. The van der Waals surface area contributed by atoms with Crippen LogP contribution in [0.2, 0.25) is 0 Å². The molecule has 158 valence electrons. The molecule has 1 atom stereocenters. The van der Waals surface area contributed by atoms with Crippen LogP contribution < -0.4 is 15.0 Å². The highest BCUT2D eigenvalue weighted by atomic mass is 16.5. The summed E-state index contributed by atoms with van der Waals surface area (Å²) >= 11 is 0. The first-order chi connectivity index (χ1) is 14.5. The molecule has 0 aromatic heterocycles. The van der Waals surface area contributed by atoms with E-state index in [0.717, 1.165) is 12.8 Å². The number of carbonyl (C=O) groups excluding carboxylic acids is 3. The number of benzene rings is 2. The standard InChI is InChI=1S/C23H26N2O5/c1-3-4-13-29-18-11-9-17(10-12-18)23(28)30-15-22(27)25-16(2)14-21(26)24-19-7-5-6-8-20(19)25/h5-12,16H,3-4,13-15H2,1-2H3,(H,24,26)/t16-/m0/s1. The molecule has 2 aromatic carbocycles. The van der Waals surface area contributed by atoms with Gasteiger partial charge in [0.25, 0.3) is 5.91 Å². The van der Waals surface area contributed by atoms with E-state index < -0.39 is 12.6 Å². The zero-order valence-electron chi connectivity index (χ0n) is 17.2. The first kappa shape index (κ1) is 21.4. The average molecular weight is 410 g/mol. The summed E-state index contributed by atoms with van der Waals surface area (Å²) < 4.78 is 10.8. The van der Waals surface area contributed by atoms with Crippen LogP contribution in [0.1, 0.15) is 43.5 Å². The Morgan fingerprint density at radius 2 is 1.87 bits per heavy atom. The second-order valence-corrected chi connectivity index (χ2v) is 7.18. The summed E-state index contributed by atoms with van der Waals surface area (Å²) in [4.78, 5) is 38.8. The maximum atomic E-state index is 12.9. The van der Waals surface area contributed by atoms with E-state index >= 15 is 0 Å². The SMILES string of the molecule is CCCCOc1ccc(C(=O)OCC(=O)N2c3ccccc3NC(=O)C[C@@H]2C)cc1. The van der Waals surface area contributed by atoms with Crippen molar-refractivity contribution in [3.8, 4) is 5.75 Å². The lowest BCUT2D eigenvalue weighted by molar-refractivity contribution is -0.122. The molecule has 3 rings (SSSR count). The summed E-state index contributed by atoms with van der Waals surface area (Å²) in [5.74, 6) is -0.459. The summed E-state index contributed by atoms with van der Waals surface area (Å²) in [5.41, 5.74) is 1.49. The predicted octanol–water partition coefficient (Wildman–Crippen LogP) is 3.79. The molecule has 0 saturated carbocycles. The number of nitrogens with zero attached hydrogens (tertiary/aromatic N) is 1. The van der Waals surface area contributed by atoms with Crippen molar-refractivity contribution in [3.05, 3.63) is 54.1 Å². The molecule has 0 aliphatic carbocycles. The van der Waals surface area contributed by atoms with Crippen LogP contribution in [-0.2, 0) is 14.3 Å². The number of esters is 1. The van der Waals surface area contributed by atoms with Gasteiger partial charge in [-0.1, -0.05) is 25.5 Å². The van der Waals surface area contributed by atoms with Crippen molar-refractivity contribution in [3.63, 3.8) is 0 Å². The molecule has 1 aliphatic rings. The van der Waals surface area contributed by atoms with Gasteiger partial charge in [-0.3, -0.25) is 9.59 Å². The van der Waals surface area contributed by atoms with Crippen LogP contribution in [-0.4, -0.2) is 37.0 Å². The van der Waals surface area contributed by atoms with Gasteiger partial charge in [-0.2, -0.15) is 0 Å². The molecule has 7 heteroatoms. The van der Waals surface area contributed by atoms with Crippen LogP contribution in [0.4, 0.5) is 11.4 Å². The van der Waals surface area contributed by atoms with Gasteiger partial charge in [-0.05, 0) is 49.7 Å². The average Bonchev–Trinajstić information content (AvgIpc) is 2.86. The van der Waals surface area contributed by atoms with Crippen LogP contribution in [0.5, 0.6) is 5.75 Å². The Balaban J connectivity index is 1.63. The highest BCUT2D eigenvalue weighted by molar-refractivity contribution is 6.05. The molecule has 0 fully saturated rings. The second-order valence-electron chi connectivity index (χ2n) is 7.18. The highest BCUT2D eigenvalue weighted by Gasteiger charge is 2.30. The number of hydrogen-bond donors (Lipinski definition) is 1. The summed E-state index contributed by atoms with van der Waals surface area (Å²) in [7, 11) is 0. The third kappa shape index (κ3) is 5.17. The number of anilines is 2. The number of unbranched alkanes of at least 4 members (excludes halogenated alkanes) is 1. The smallest absolute Gasteiger partial charge is 0.338 e. The Hall–Kier alpha value is -3.35. The molecule has 0 saturated heterocycles. The minimum atomic E-state index is -0.589. The number of ether oxygens (including phenoxy) is 2. The van der Waals surface area contributed by atoms with Gasteiger partial charge in [0.15, 0.2) is 6.61 Å². The molecule has 2 aromatic rings. The number of fused-ring (bicyclic) bond motifs is 1. The molecule has 1 aliphatic heterocycles. The summed E-state index contributed by atoms with van der Waals surface area (Å²) in [6.45, 7) is 4.09. The molecule has 0 unspecified atom stereocenters. The van der Waals surface area contributed by atoms with E-state index in [0.29, 0.717) is 29.3 Å². The fraction of sp³-hybridized carbons (Fsp3) is 0.348. The molecular weight excluding hydrogens is 384 g/mol. The van der Waals surface area contributed by atoms with E-state index in [1.807, 2.05) is 0 Å². The van der Waals surface area contributed by atoms with E-state index in [-0.39, 0.29) is 24.3 Å². The molecule has 0 bridgehead atoms. The molecule has 1 N–H and O–H groups in total. The van der Waals surface area contributed by atoms with Crippen LogP contribution in [0.25, 0.3) is 0 Å². The van der Waals surface area contributed by atoms with Crippen molar-refractivity contribution >= 4 is 29.2 Å². The first-order valence-corrected chi connectivity index (χ1v) is 10.1. The van der Waals surface area contributed by atoms with Crippen LogP contribution in [0, 0.1) is 0 Å².